The third-order valence-corrected chi connectivity index (χ3v) is 7.53. The highest BCUT2D eigenvalue weighted by Crippen LogP contribution is 2.40. The zero-order valence-corrected chi connectivity index (χ0v) is 22.9. The normalized spacial score (nSPS) is 13.3. The van der Waals surface area contributed by atoms with Crippen molar-refractivity contribution in [1.29, 1.82) is 0 Å². The van der Waals surface area contributed by atoms with Gasteiger partial charge in [-0.05, 0) is 62.2 Å². The maximum absolute atomic E-state index is 11.9. The number of hydrogen-bond acceptors (Lipinski definition) is 4. The smallest absolute Gasteiger partial charge is 0.140 e. The van der Waals surface area contributed by atoms with E-state index in [1.807, 2.05) is 115 Å². The Morgan fingerprint density at radius 3 is 1.97 bits per heavy atom. The predicted molar refractivity (Wildman–Crippen MR) is 153 cm³/mol. The standard InChI is InChI=1S/C31H27BrN4O2/c1-18-6-8-21(9-7-18)25-27(35-16-14-19(2)17-24(35)33-25)29(37)30(38)28-26(22-10-12-23(32)13-11-22)34-31-20(3)5-4-15-36(28)31/h4-17,29-30,37-38H,1-3H3. The Morgan fingerprint density at radius 2 is 1.29 bits per heavy atom. The molecule has 2 unspecified atom stereocenters. The van der Waals surface area contributed by atoms with E-state index in [0.717, 1.165) is 37.9 Å². The molecule has 6 aromatic rings. The summed E-state index contributed by atoms with van der Waals surface area (Å²) in [6.07, 6.45) is 1.21. The van der Waals surface area contributed by atoms with Gasteiger partial charge in [-0.3, -0.25) is 0 Å². The van der Waals surface area contributed by atoms with Crippen molar-refractivity contribution >= 4 is 27.2 Å². The van der Waals surface area contributed by atoms with Gasteiger partial charge < -0.3 is 19.0 Å². The number of aromatic nitrogens is 4. The van der Waals surface area contributed by atoms with E-state index in [9.17, 15) is 10.2 Å². The summed E-state index contributed by atoms with van der Waals surface area (Å²) in [6.45, 7) is 6.03. The van der Waals surface area contributed by atoms with E-state index in [2.05, 4.69) is 15.9 Å². The molecule has 0 bridgehead atoms. The minimum atomic E-state index is -1.28. The topological polar surface area (TPSA) is 75.1 Å². The molecule has 4 heterocycles. The average Bonchev–Trinajstić information content (AvgIpc) is 3.48. The minimum Gasteiger partial charge on any atom is -0.384 e. The molecule has 0 aliphatic heterocycles. The molecule has 7 heteroatoms. The lowest BCUT2D eigenvalue weighted by atomic mass is 9.98. The lowest BCUT2D eigenvalue weighted by molar-refractivity contribution is 0.0118. The number of imidazole rings is 2. The average molecular weight is 567 g/mol. The fraction of sp³-hybridized carbons (Fsp3) is 0.161. The molecular weight excluding hydrogens is 540 g/mol. The first-order chi connectivity index (χ1) is 18.3. The van der Waals surface area contributed by atoms with Crippen LogP contribution in [-0.4, -0.2) is 29.0 Å². The summed E-state index contributed by atoms with van der Waals surface area (Å²) in [4.78, 5) is 9.80. The van der Waals surface area contributed by atoms with Gasteiger partial charge in [-0.2, -0.15) is 0 Å². The molecule has 0 spiro atoms. The van der Waals surface area contributed by atoms with Gasteiger partial charge in [0.15, 0.2) is 0 Å². The summed E-state index contributed by atoms with van der Waals surface area (Å²) >= 11 is 3.50. The number of pyridine rings is 2. The van der Waals surface area contributed by atoms with E-state index in [-0.39, 0.29) is 0 Å². The van der Waals surface area contributed by atoms with Gasteiger partial charge in [0.05, 0.1) is 22.8 Å². The number of aliphatic hydroxyl groups is 2. The second-order valence-corrected chi connectivity index (χ2v) is 10.7. The Morgan fingerprint density at radius 1 is 0.684 bits per heavy atom. The van der Waals surface area contributed by atoms with Crippen LogP contribution in [-0.2, 0) is 0 Å². The molecule has 0 radical (unpaired) electrons. The molecule has 190 valence electrons. The van der Waals surface area contributed by atoms with Gasteiger partial charge in [0.2, 0.25) is 0 Å². The number of rotatable bonds is 5. The SMILES string of the molecule is Cc1ccc(-c2nc3cc(C)ccn3c2C(O)C(O)c2c(-c3ccc(Br)cc3)nc3c(C)cccn23)cc1. The van der Waals surface area contributed by atoms with Crippen LogP contribution in [0.15, 0.2) is 89.7 Å². The highest BCUT2D eigenvalue weighted by molar-refractivity contribution is 9.10. The summed E-state index contributed by atoms with van der Waals surface area (Å²) in [5, 5.41) is 23.8. The molecule has 38 heavy (non-hydrogen) atoms. The number of benzene rings is 2. The van der Waals surface area contributed by atoms with Gasteiger partial charge in [0.25, 0.3) is 0 Å². The first-order valence-corrected chi connectivity index (χ1v) is 13.3. The number of halogens is 1. The van der Waals surface area contributed by atoms with Crippen molar-refractivity contribution in [3.05, 3.63) is 118 Å². The number of fused-ring (bicyclic) bond motifs is 2. The fourth-order valence-corrected chi connectivity index (χ4v) is 5.26. The number of aryl methyl sites for hydroxylation is 3. The van der Waals surface area contributed by atoms with Crippen LogP contribution in [0.2, 0.25) is 0 Å². The molecule has 0 saturated carbocycles. The van der Waals surface area contributed by atoms with Gasteiger partial charge in [0.1, 0.15) is 23.5 Å². The molecule has 0 fully saturated rings. The molecule has 0 aliphatic rings. The van der Waals surface area contributed by atoms with E-state index in [1.165, 1.54) is 0 Å². The van der Waals surface area contributed by atoms with E-state index in [0.29, 0.717) is 28.4 Å². The van der Waals surface area contributed by atoms with Crippen molar-refractivity contribution in [2.45, 2.75) is 33.0 Å². The Bertz CT molecular complexity index is 1790. The lowest BCUT2D eigenvalue weighted by Gasteiger charge is -2.21. The summed E-state index contributed by atoms with van der Waals surface area (Å²) in [6, 6.07) is 23.7. The monoisotopic (exact) mass is 566 g/mol. The molecule has 6 nitrogen and oxygen atoms in total. The Labute approximate surface area is 229 Å². The fourth-order valence-electron chi connectivity index (χ4n) is 5.00. The van der Waals surface area contributed by atoms with Crippen molar-refractivity contribution in [2.75, 3.05) is 0 Å². The van der Waals surface area contributed by atoms with Crippen LogP contribution >= 0.6 is 15.9 Å². The molecule has 6 rings (SSSR count). The summed E-state index contributed by atoms with van der Waals surface area (Å²) in [5.74, 6) is 0. The van der Waals surface area contributed by atoms with Crippen LogP contribution in [0.25, 0.3) is 33.8 Å². The van der Waals surface area contributed by atoms with E-state index in [1.54, 1.807) is 0 Å². The maximum Gasteiger partial charge on any atom is 0.140 e. The lowest BCUT2D eigenvalue weighted by Crippen LogP contribution is -2.16. The second-order valence-electron chi connectivity index (χ2n) is 9.77. The van der Waals surface area contributed by atoms with Crippen LogP contribution in [0.5, 0.6) is 0 Å². The van der Waals surface area contributed by atoms with Crippen LogP contribution < -0.4 is 0 Å². The Balaban J connectivity index is 1.57. The van der Waals surface area contributed by atoms with Crippen molar-refractivity contribution in [3.63, 3.8) is 0 Å². The maximum atomic E-state index is 11.9. The molecule has 2 N–H and O–H groups in total. The summed E-state index contributed by atoms with van der Waals surface area (Å²) in [7, 11) is 0. The van der Waals surface area contributed by atoms with Gasteiger partial charge in [-0.25, -0.2) is 9.97 Å². The summed E-state index contributed by atoms with van der Waals surface area (Å²) < 4.78 is 4.69. The van der Waals surface area contributed by atoms with Gasteiger partial charge in [-0.15, -0.1) is 0 Å². The van der Waals surface area contributed by atoms with E-state index < -0.39 is 12.2 Å². The first-order valence-electron chi connectivity index (χ1n) is 12.5. The molecule has 2 atom stereocenters. The van der Waals surface area contributed by atoms with Crippen LogP contribution in [0, 0.1) is 20.8 Å². The molecule has 4 aromatic heterocycles. The van der Waals surface area contributed by atoms with Crippen molar-refractivity contribution in [1.82, 2.24) is 18.8 Å². The van der Waals surface area contributed by atoms with Gasteiger partial charge >= 0.3 is 0 Å². The van der Waals surface area contributed by atoms with Crippen LogP contribution in [0.1, 0.15) is 40.3 Å². The largest absolute Gasteiger partial charge is 0.384 e. The zero-order chi connectivity index (χ0) is 26.6. The van der Waals surface area contributed by atoms with E-state index in [4.69, 9.17) is 9.97 Å². The molecular formula is C31H27BrN4O2. The first kappa shape index (κ1) is 24.6. The molecule has 0 saturated heterocycles. The van der Waals surface area contributed by atoms with Crippen molar-refractivity contribution in [3.8, 4) is 22.5 Å². The molecule has 0 aliphatic carbocycles. The Kier molecular flexibility index (Phi) is 6.14. The van der Waals surface area contributed by atoms with Crippen LogP contribution in [0.4, 0.5) is 0 Å². The Hall–Kier alpha value is -3.78. The number of hydrogen-bond donors (Lipinski definition) is 2. The zero-order valence-electron chi connectivity index (χ0n) is 21.3. The third kappa shape index (κ3) is 4.13. The quantitative estimate of drug-likeness (QED) is 0.241. The van der Waals surface area contributed by atoms with E-state index >= 15 is 0 Å². The number of aliphatic hydroxyl groups excluding tert-OH is 2. The van der Waals surface area contributed by atoms with Gasteiger partial charge in [-0.1, -0.05) is 64.0 Å². The second kappa shape index (κ2) is 9.51. The molecule has 0 amide bonds. The third-order valence-electron chi connectivity index (χ3n) is 7.00. The van der Waals surface area contributed by atoms with Crippen LogP contribution in [0.3, 0.4) is 0 Å². The molecule has 2 aromatic carbocycles. The summed E-state index contributed by atoms with van der Waals surface area (Å²) in [5.41, 5.74) is 8.66. The number of nitrogens with zero attached hydrogens (tertiary/aromatic N) is 4. The predicted octanol–water partition coefficient (Wildman–Crippen LogP) is 6.77. The highest BCUT2D eigenvalue weighted by atomic mass is 79.9. The van der Waals surface area contributed by atoms with Gasteiger partial charge in [0, 0.05) is 28.0 Å². The highest BCUT2D eigenvalue weighted by Gasteiger charge is 2.32. The van der Waals surface area contributed by atoms with Crippen molar-refractivity contribution < 1.29 is 10.2 Å². The van der Waals surface area contributed by atoms with Crippen molar-refractivity contribution in [2.24, 2.45) is 0 Å². The minimum absolute atomic E-state index is 0.524.